The van der Waals surface area contributed by atoms with Crippen LogP contribution in [-0.2, 0) is 19.6 Å². The summed E-state index contributed by atoms with van der Waals surface area (Å²) in [5.74, 6) is -0.548. The van der Waals surface area contributed by atoms with Crippen molar-refractivity contribution in [2.45, 2.75) is 49.5 Å². The average Bonchev–Trinajstić information content (AvgIpc) is 3.54. The summed E-state index contributed by atoms with van der Waals surface area (Å²) in [4.78, 5) is 32.6. The summed E-state index contributed by atoms with van der Waals surface area (Å²) in [5, 5.41) is 0. The smallest absolute Gasteiger partial charge is 0.252 e. The van der Waals surface area contributed by atoms with Gasteiger partial charge in [0.15, 0.2) is 5.58 Å². The number of fused-ring (bicyclic) bond motifs is 1. The molecule has 1 aliphatic heterocycles. The van der Waals surface area contributed by atoms with Gasteiger partial charge in [0, 0.05) is 12.1 Å². The number of oxazole rings is 1. The third kappa shape index (κ3) is 4.98. The second kappa shape index (κ2) is 10.8. The van der Waals surface area contributed by atoms with Crippen molar-refractivity contribution in [2.75, 3.05) is 11.4 Å². The van der Waals surface area contributed by atoms with E-state index >= 15 is 0 Å². The van der Waals surface area contributed by atoms with E-state index in [1.807, 2.05) is 24.3 Å². The van der Waals surface area contributed by atoms with Crippen LogP contribution in [0, 0.1) is 0 Å². The highest BCUT2D eigenvalue weighted by Gasteiger charge is 2.46. The fourth-order valence-corrected chi connectivity index (χ4v) is 7.02. The third-order valence-electron chi connectivity index (χ3n) is 7.52. The van der Waals surface area contributed by atoms with Crippen molar-refractivity contribution in [3.8, 4) is 11.5 Å². The molecule has 0 radical (unpaired) electrons. The van der Waals surface area contributed by atoms with Gasteiger partial charge in [-0.25, -0.2) is 18.3 Å². The maximum Gasteiger partial charge on any atom is 0.252 e. The van der Waals surface area contributed by atoms with Gasteiger partial charge in [-0.05, 0) is 80.6 Å². The van der Waals surface area contributed by atoms with Crippen molar-refractivity contribution >= 4 is 38.6 Å². The fraction of sp³-hybridized carbons (Fsp3) is 0.258. The SMILES string of the molecule is O=C1CC(N(CCC2=CCCCC2)S(=O)(=O)c2ccccc2)C(=O)N1c1ccc(-c2nc3ccccc3o2)cc1. The highest BCUT2D eigenvalue weighted by molar-refractivity contribution is 7.89. The molecule has 6 rings (SSSR count). The Morgan fingerprint density at radius 2 is 1.68 bits per heavy atom. The van der Waals surface area contributed by atoms with E-state index in [-0.39, 0.29) is 17.9 Å². The van der Waals surface area contributed by atoms with Gasteiger partial charge in [0.2, 0.25) is 21.8 Å². The lowest BCUT2D eigenvalue weighted by molar-refractivity contribution is -0.122. The molecule has 2 aliphatic rings. The van der Waals surface area contributed by atoms with Crippen LogP contribution in [0.15, 0.2) is 99.8 Å². The van der Waals surface area contributed by atoms with E-state index in [0.29, 0.717) is 29.1 Å². The van der Waals surface area contributed by atoms with Gasteiger partial charge < -0.3 is 4.42 Å². The number of imide groups is 1. The quantitative estimate of drug-likeness (QED) is 0.204. The molecule has 0 spiro atoms. The Labute approximate surface area is 233 Å². The Balaban J connectivity index is 1.27. The Morgan fingerprint density at radius 1 is 0.925 bits per heavy atom. The van der Waals surface area contributed by atoms with Crippen LogP contribution in [0.2, 0.25) is 0 Å². The molecule has 0 saturated carbocycles. The van der Waals surface area contributed by atoms with Gasteiger partial charge in [0.1, 0.15) is 11.6 Å². The van der Waals surface area contributed by atoms with E-state index in [0.717, 1.165) is 36.1 Å². The maximum absolute atomic E-state index is 13.8. The first kappa shape index (κ1) is 26.2. The lowest BCUT2D eigenvalue weighted by Crippen LogP contribution is -2.46. The van der Waals surface area contributed by atoms with Crippen LogP contribution in [-0.4, -0.2) is 42.1 Å². The molecule has 0 N–H and O–H groups in total. The number of hydrogen-bond acceptors (Lipinski definition) is 6. The van der Waals surface area contributed by atoms with E-state index < -0.39 is 27.9 Å². The van der Waals surface area contributed by atoms with Gasteiger partial charge in [0.25, 0.3) is 5.91 Å². The Bertz CT molecular complexity index is 1660. The molecule has 1 saturated heterocycles. The topological polar surface area (TPSA) is 101 Å². The first-order valence-corrected chi connectivity index (χ1v) is 14.9. The van der Waals surface area contributed by atoms with Crippen LogP contribution in [0.1, 0.15) is 38.5 Å². The molecule has 4 aromatic rings. The zero-order valence-electron chi connectivity index (χ0n) is 21.9. The molecule has 2 heterocycles. The van der Waals surface area contributed by atoms with E-state index in [1.165, 1.54) is 22.0 Å². The van der Waals surface area contributed by atoms with Crippen molar-refractivity contribution < 1.29 is 22.4 Å². The summed E-state index contributed by atoms with van der Waals surface area (Å²) in [6.45, 7) is 0.136. The van der Waals surface area contributed by atoms with Crippen molar-refractivity contribution in [2.24, 2.45) is 0 Å². The highest BCUT2D eigenvalue weighted by Crippen LogP contribution is 2.32. The number of carbonyl (C=O) groups excluding carboxylic acids is 2. The number of rotatable bonds is 8. The summed E-state index contributed by atoms with van der Waals surface area (Å²) < 4.78 is 34.6. The molecule has 1 aromatic heterocycles. The fourth-order valence-electron chi connectivity index (χ4n) is 5.42. The number of hydrogen-bond donors (Lipinski definition) is 0. The van der Waals surface area contributed by atoms with Crippen molar-refractivity contribution in [1.82, 2.24) is 9.29 Å². The molecule has 1 unspecified atom stereocenters. The average molecular weight is 556 g/mol. The zero-order valence-corrected chi connectivity index (χ0v) is 22.7. The molecule has 204 valence electrons. The van der Waals surface area contributed by atoms with Gasteiger partial charge in [-0.2, -0.15) is 4.31 Å². The summed E-state index contributed by atoms with van der Waals surface area (Å²) in [5.41, 5.74) is 3.67. The molecule has 2 amide bonds. The van der Waals surface area contributed by atoms with Crippen LogP contribution >= 0.6 is 0 Å². The predicted molar refractivity (Wildman–Crippen MR) is 152 cm³/mol. The van der Waals surface area contributed by atoms with Crippen LogP contribution in [0.4, 0.5) is 5.69 Å². The number of sulfonamides is 1. The minimum atomic E-state index is -4.02. The van der Waals surface area contributed by atoms with Gasteiger partial charge >= 0.3 is 0 Å². The Kier molecular flexibility index (Phi) is 7.08. The Morgan fingerprint density at radius 3 is 2.40 bits per heavy atom. The molecule has 1 fully saturated rings. The normalized spacial score (nSPS) is 18.1. The minimum Gasteiger partial charge on any atom is -0.436 e. The number of aromatic nitrogens is 1. The predicted octanol–water partition coefficient (Wildman–Crippen LogP) is 5.71. The van der Waals surface area contributed by atoms with Crippen molar-refractivity contribution in [3.05, 3.63) is 90.5 Å². The summed E-state index contributed by atoms with van der Waals surface area (Å²) in [7, 11) is -4.02. The Hall–Kier alpha value is -4.08. The van der Waals surface area contributed by atoms with E-state index in [2.05, 4.69) is 11.1 Å². The lowest BCUT2D eigenvalue weighted by Gasteiger charge is -2.27. The number of allylic oxidation sites excluding steroid dienone is 1. The third-order valence-corrected chi connectivity index (χ3v) is 9.45. The number of benzene rings is 3. The largest absolute Gasteiger partial charge is 0.436 e. The number of carbonyl (C=O) groups is 2. The number of nitrogens with zero attached hydrogens (tertiary/aromatic N) is 3. The standard InChI is InChI=1S/C31H29N3O5S/c35-29-21-27(33(20-19-22-9-3-1-4-10-22)40(37,38)25-11-5-2-6-12-25)31(36)34(29)24-17-15-23(16-18-24)30-32-26-13-7-8-14-28(26)39-30/h2,5-9,11-18,27H,1,3-4,10,19-21H2. The molecule has 1 aliphatic carbocycles. The highest BCUT2D eigenvalue weighted by atomic mass is 32.2. The maximum atomic E-state index is 13.8. The lowest BCUT2D eigenvalue weighted by atomic mass is 9.97. The molecule has 40 heavy (non-hydrogen) atoms. The van der Waals surface area contributed by atoms with Crippen LogP contribution in [0.5, 0.6) is 0 Å². The number of amides is 2. The molecule has 9 heteroatoms. The van der Waals surface area contributed by atoms with E-state index in [4.69, 9.17) is 4.42 Å². The van der Waals surface area contributed by atoms with Crippen molar-refractivity contribution in [1.29, 1.82) is 0 Å². The van der Waals surface area contributed by atoms with Crippen LogP contribution in [0.3, 0.4) is 0 Å². The first-order valence-electron chi connectivity index (χ1n) is 13.5. The molecular formula is C31H29N3O5S. The van der Waals surface area contributed by atoms with E-state index in [9.17, 15) is 18.0 Å². The van der Waals surface area contributed by atoms with E-state index in [1.54, 1.807) is 42.5 Å². The van der Waals surface area contributed by atoms with Gasteiger partial charge in [0.05, 0.1) is 17.0 Å². The molecule has 0 bridgehead atoms. The molecule has 1 atom stereocenters. The molecule has 8 nitrogen and oxygen atoms in total. The van der Waals surface area contributed by atoms with Gasteiger partial charge in [-0.3, -0.25) is 9.59 Å². The zero-order chi connectivity index (χ0) is 27.7. The summed E-state index contributed by atoms with van der Waals surface area (Å²) in [6.07, 6.45) is 6.60. The summed E-state index contributed by atoms with van der Waals surface area (Å²) >= 11 is 0. The van der Waals surface area contributed by atoms with Crippen LogP contribution < -0.4 is 4.90 Å². The van der Waals surface area contributed by atoms with Gasteiger partial charge in [-0.15, -0.1) is 0 Å². The van der Waals surface area contributed by atoms with Crippen molar-refractivity contribution in [3.63, 3.8) is 0 Å². The molecule has 3 aromatic carbocycles. The second-order valence-corrected chi connectivity index (χ2v) is 12.0. The first-order chi connectivity index (χ1) is 19.4. The second-order valence-electron chi connectivity index (χ2n) is 10.1. The summed E-state index contributed by atoms with van der Waals surface area (Å²) in [6, 6.07) is 21.2. The van der Waals surface area contributed by atoms with Crippen LogP contribution in [0.25, 0.3) is 22.6 Å². The van der Waals surface area contributed by atoms with Gasteiger partial charge in [-0.1, -0.05) is 42.0 Å². The number of para-hydroxylation sites is 2. The minimum absolute atomic E-state index is 0.106. The molecular weight excluding hydrogens is 526 g/mol. The monoisotopic (exact) mass is 555 g/mol. The number of anilines is 1.